The van der Waals surface area contributed by atoms with E-state index in [1.165, 1.54) is 12.1 Å². The summed E-state index contributed by atoms with van der Waals surface area (Å²) in [4.78, 5) is 6.27. The molecule has 17 heavy (non-hydrogen) atoms. The standard InChI is InChI=1S/C13H13FN2S/c1-9(15)13-7-6-12(8-16-13)17-11-4-2-10(14)3-5-11/h2-9H,15H2,1H3/t9-/m0/s1. The first-order valence-electron chi connectivity index (χ1n) is 5.30. The van der Waals surface area contributed by atoms with Gasteiger partial charge in [-0.05, 0) is 43.3 Å². The van der Waals surface area contributed by atoms with E-state index < -0.39 is 0 Å². The summed E-state index contributed by atoms with van der Waals surface area (Å²) in [7, 11) is 0. The quantitative estimate of drug-likeness (QED) is 0.905. The summed E-state index contributed by atoms with van der Waals surface area (Å²) in [6.07, 6.45) is 1.78. The van der Waals surface area contributed by atoms with E-state index in [2.05, 4.69) is 4.98 Å². The van der Waals surface area contributed by atoms with Crippen LogP contribution in [0.2, 0.25) is 0 Å². The van der Waals surface area contributed by atoms with E-state index in [-0.39, 0.29) is 11.9 Å². The lowest BCUT2D eigenvalue weighted by atomic mass is 10.2. The summed E-state index contributed by atoms with van der Waals surface area (Å²) < 4.78 is 12.7. The van der Waals surface area contributed by atoms with Gasteiger partial charge in [-0.1, -0.05) is 11.8 Å². The summed E-state index contributed by atoms with van der Waals surface area (Å²) in [5.74, 6) is -0.222. The number of benzene rings is 1. The Bertz CT molecular complexity index is 480. The Hall–Kier alpha value is -1.39. The largest absolute Gasteiger partial charge is 0.323 e. The first-order valence-corrected chi connectivity index (χ1v) is 6.12. The van der Waals surface area contributed by atoms with Gasteiger partial charge in [-0.25, -0.2) is 4.39 Å². The Balaban J connectivity index is 2.11. The van der Waals surface area contributed by atoms with Crippen LogP contribution in [0.4, 0.5) is 4.39 Å². The van der Waals surface area contributed by atoms with Crippen molar-refractivity contribution < 1.29 is 4.39 Å². The van der Waals surface area contributed by atoms with Crippen molar-refractivity contribution in [2.24, 2.45) is 5.73 Å². The van der Waals surface area contributed by atoms with Crippen LogP contribution in [-0.4, -0.2) is 4.98 Å². The van der Waals surface area contributed by atoms with E-state index in [4.69, 9.17) is 5.73 Å². The molecular formula is C13H13FN2S. The Labute approximate surface area is 104 Å². The summed E-state index contributed by atoms with van der Waals surface area (Å²) in [6.45, 7) is 1.90. The maximum atomic E-state index is 12.7. The molecule has 2 rings (SSSR count). The smallest absolute Gasteiger partial charge is 0.123 e. The van der Waals surface area contributed by atoms with Crippen molar-refractivity contribution in [3.63, 3.8) is 0 Å². The third-order valence-corrected chi connectivity index (χ3v) is 3.26. The summed E-state index contributed by atoms with van der Waals surface area (Å²) >= 11 is 1.55. The zero-order valence-corrected chi connectivity index (χ0v) is 10.2. The van der Waals surface area contributed by atoms with E-state index in [0.717, 1.165) is 15.5 Å². The van der Waals surface area contributed by atoms with Crippen LogP contribution in [0.15, 0.2) is 52.4 Å². The van der Waals surface area contributed by atoms with Crippen molar-refractivity contribution in [2.45, 2.75) is 22.8 Å². The van der Waals surface area contributed by atoms with Crippen molar-refractivity contribution in [3.05, 3.63) is 54.1 Å². The second-order valence-electron chi connectivity index (χ2n) is 3.76. The summed E-state index contributed by atoms with van der Waals surface area (Å²) in [5, 5.41) is 0. The molecule has 0 saturated heterocycles. The highest BCUT2D eigenvalue weighted by atomic mass is 32.2. The molecule has 0 saturated carbocycles. The second kappa shape index (κ2) is 5.29. The fourth-order valence-corrected chi connectivity index (χ4v) is 2.15. The van der Waals surface area contributed by atoms with Crippen LogP contribution in [-0.2, 0) is 0 Å². The average molecular weight is 248 g/mol. The van der Waals surface area contributed by atoms with Gasteiger partial charge in [0.05, 0.1) is 5.69 Å². The molecule has 0 aliphatic rings. The maximum Gasteiger partial charge on any atom is 0.123 e. The van der Waals surface area contributed by atoms with Gasteiger partial charge in [0.1, 0.15) is 5.82 Å². The van der Waals surface area contributed by atoms with Crippen molar-refractivity contribution in [1.29, 1.82) is 0 Å². The van der Waals surface area contributed by atoms with E-state index in [0.29, 0.717) is 0 Å². The molecular weight excluding hydrogens is 235 g/mol. The molecule has 0 amide bonds. The lowest BCUT2D eigenvalue weighted by molar-refractivity contribution is 0.626. The van der Waals surface area contributed by atoms with Crippen LogP contribution in [0.3, 0.4) is 0 Å². The minimum absolute atomic E-state index is 0.0557. The van der Waals surface area contributed by atoms with E-state index >= 15 is 0 Å². The molecule has 88 valence electrons. The first kappa shape index (κ1) is 12.1. The number of aromatic nitrogens is 1. The number of rotatable bonds is 3. The summed E-state index contributed by atoms with van der Waals surface area (Å²) in [5.41, 5.74) is 6.59. The fourth-order valence-electron chi connectivity index (χ4n) is 1.36. The third kappa shape index (κ3) is 3.28. The molecule has 2 nitrogen and oxygen atoms in total. The maximum absolute atomic E-state index is 12.7. The highest BCUT2D eigenvalue weighted by Gasteiger charge is 2.02. The van der Waals surface area contributed by atoms with Crippen molar-refractivity contribution in [2.75, 3.05) is 0 Å². The lowest BCUT2D eigenvalue weighted by Crippen LogP contribution is -2.06. The molecule has 1 heterocycles. The van der Waals surface area contributed by atoms with Gasteiger partial charge in [0, 0.05) is 22.0 Å². The van der Waals surface area contributed by atoms with Gasteiger partial charge in [-0.2, -0.15) is 0 Å². The molecule has 0 unspecified atom stereocenters. The van der Waals surface area contributed by atoms with Crippen LogP contribution in [0.1, 0.15) is 18.7 Å². The molecule has 0 fully saturated rings. The Morgan fingerprint density at radius 2 is 1.76 bits per heavy atom. The minimum atomic E-state index is -0.222. The Morgan fingerprint density at radius 1 is 1.12 bits per heavy atom. The molecule has 0 spiro atoms. The monoisotopic (exact) mass is 248 g/mol. The Kier molecular flexibility index (Phi) is 3.76. The molecule has 1 aromatic carbocycles. The van der Waals surface area contributed by atoms with Crippen LogP contribution in [0, 0.1) is 5.82 Å². The van der Waals surface area contributed by atoms with Gasteiger partial charge in [0.25, 0.3) is 0 Å². The molecule has 2 aromatic rings. The molecule has 1 aromatic heterocycles. The third-order valence-electron chi connectivity index (χ3n) is 2.28. The average Bonchev–Trinajstić information content (AvgIpc) is 2.33. The highest BCUT2D eigenvalue weighted by Crippen LogP contribution is 2.27. The minimum Gasteiger partial charge on any atom is -0.323 e. The van der Waals surface area contributed by atoms with Gasteiger partial charge in [-0.3, -0.25) is 4.98 Å². The van der Waals surface area contributed by atoms with E-state index in [1.54, 1.807) is 30.1 Å². The van der Waals surface area contributed by atoms with Crippen LogP contribution >= 0.6 is 11.8 Å². The molecule has 0 aliphatic heterocycles. The number of nitrogens with zero attached hydrogens (tertiary/aromatic N) is 1. The Morgan fingerprint density at radius 3 is 2.29 bits per heavy atom. The molecule has 1 atom stereocenters. The zero-order chi connectivity index (χ0) is 12.3. The van der Waals surface area contributed by atoms with E-state index in [9.17, 15) is 4.39 Å². The summed E-state index contributed by atoms with van der Waals surface area (Å²) in [6, 6.07) is 10.2. The molecule has 4 heteroatoms. The van der Waals surface area contributed by atoms with Gasteiger partial charge in [0.2, 0.25) is 0 Å². The van der Waals surface area contributed by atoms with Gasteiger partial charge in [-0.15, -0.1) is 0 Å². The molecule has 0 radical (unpaired) electrons. The van der Waals surface area contributed by atoms with Crippen LogP contribution in [0.25, 0.3) is 0 Å². The number of nitrogens with two attached hydrogens (primary N) is 1. The topological polar surface area (TPSA) is 38.9 Å². The lowest BCUT2D eigenvalue weighted by Gasteiger charge is -2.05. The van der Waals surface area contributed by atoms with Crippen molar-refractivity contribution >= 4 is 11.8 Å². The first-order chi connectivity index (χ1) is 8.15. The second-order valence-corrected chi connectivity index (χ2v) is 4.91. The van der Waals surface area contributed by atoms with Gasteiger partial charge in [0.15, 0.2) is 0 Å². The van der Waals surface area contributed by atoms with Crippen LogP contribution in [0.5, 0.6) is 0 Å². The number of hydrogen-bond donors (Lipinski definition) is 1. The predicted octanol–water partition coefficient (Wildman–Crippen LogP) is 3.39. The fraction of sp³-hybridized carbons (Fsp3) is 0.154. The number of halogens is 1. The van der Waals surface area contributed by atoms with Crippen molar-refractivity contribution in [1.82, 2.24) is 4.98 Å². The normalized spacial score (nSPS) is 12.4. The van der Waals surface area contributed by atoms with Gasteiger partial charge < -0.3 is 5.73 Å². The molecule has 2 N–H and O–H groups in total. The van der Waals surface area contributed by atoms with Crippen molar-refractivity contribution in [3.8, 4) is 0 Å². The predicted molar refractivity (Wildman–Crippen MR) is 67.4 cm³/mol. The number of pyridine rings is 1. The number of hydrogen-bond acceptors (Lipinski definition) is 3. The molecule has 0 aliphatic carbocycles. The van der Waals surface area contributed by atoms with Crippen LogP contribution < -0.4 is 5.73 Å². The zero-order valence-electron chi connectivity index (χ0n) is 9.43. The molecule has 0 bridgehead atoms. The SMILES string of the molecule is C[C@H](N)c1ccc(Sc2ccc(F)cc2)cn1. The van der Waals surface area contributed by atoms with Gasteiger partial charge >= 0.3 is 0 Å². The van der Waals surface area contributed by atoms with E-state index in [1.807, 2.05) is 19.1 Å². The highest BCUT2D eigenvalue weighted by molar-refractivity contribution is 7.99.